The summed E-state index contributed by atoms with van der Waals surface area (Å²) in [4.78, 5) is 10.7. The maximum atomic E-state index is 5.36. The van der Waals surface area contributed by atoms with Crippen molar-refractivity contribution in [3.8, 4) is 33.9 Å². The van der Waals surface area contributed by atoms with E-state index in [1.807, 2.05) is 0 Å². The molecule has 0 amide bonds. The molecule has 2 aliphatic rings. The summed E-state index contributed by atoms with van der Waals surface area (Å²) in [5.41, 5.74) is 8.91. The molecule has 8 rings (SSSR count). The molecule has 0 unspecified atom stereocenters. The van der Waals surface area contributed by atoms with Gasteiger partial charge in [-0.2, -0.15) is 0 Å². The second-order valence-electron chi connectivity index (χ2n) is 10.1. The topological polar surface area (TPSA) is 35.6 Å². The lowest BCUT2D eigenvalue weighted by Gasteiger charge is -2.41. The van der Waals surface area contributed by atoms with Crippen LogP contribution in [0, 0.1) is 0 Å². The van der Waals surface area contributed by atoms with Crippen LogP contribution in [-0.4, -0.2) is 19.1 Å². The lowest BCUT2D eigenvalue weighted by Crippen LogP contribution is -2.43. The van der Waals surface area contributed by atoms with Crippen molar-refractivity contribution in [2.75, 3.05) is 0 Å². The fourth-order valence-electron chi connectivity index (χ4n) is 6.22. The van der Waals surface area contributed by atoms with E-state index in [9.17, 15) is 0 Å². The Bertz CT molecular complexity index is 1640. The Hall–Kier alpha value is -4.70. The molecule has 1 spiro atoms. The minimum atomic E-state index is -0.386. The molecule has 4 heteroatoms. The molecule has 0 atom stereocenters. The van der Waals surface area contributed by atoms with Crippen LogP contribution in [0.25, 0.3) is 33.9 Å². The molecule has 6 aromatic rings. The fourth-order valence-corrected chi connectivity index (χ4v) is 6.22. The summed E-state index contributed by atoms with van der Waals surface area (Å²) in [6.45, 7) is 0. The van der Waals surface area contributed by atoms with Crippen LogP contribution in [0.1, 0.15) is 22.8 Å². The van der Waals surface area contributed by atoms with E-state index < -0.39 is 0 Å². The first-order chi connectivity index (χ1) is 18.3. The average molecular weight is 477 g/mol. The van der Waals surface area contributed by atoms with Gasteiger partial charge in [0.05, 0.1) is 28.2 Å². The molecule has 0 radical (unpaired) electrons. The summed E-state index contributed by atoms with van der Waals surface area (Å²) in [5.74, 6) is 2.12. The van der Waals surface area contributed by atoms with Gasteiger partial charge in [0.2, 0.25) is 0 Å². The van der Waals surface area contributed by atoms with Gasteiger partial charge in [-0.15, -0.1) is 0 Å². The summed E-state index contributed by atoms with van der Waals surface area (Å²) >= 11 is 0. The van der Waals surface area contributed by atoms with Crippen LogP contribution in [0.2, 0.25) is 0 Å². The Morgan fingerprint density at radius 2 is 0.892 bits per heavy atom. The van der Waals surface area contributed by atoms with Crippen LogP contribution in [0.15, 0.2) is 122 Å². The predicted molar refractivity (Wildman–Crippen MR) is 146 cm³/mol. The average Bonchev–Trinajstić information content (AvgIpc) is 3.62. The van der Waals surface area contributed by atoms with Gasteiger partial charge < -0.3 is 9.13 Å². The number of benzene rings is 4. The Balaban J connectivity index is 1.43. The first-order valence-electron chi connectivity index (χ1n) is 12.8. The van der Waals surface area contributed by atoms with E-state index in [2.05, 4.69) is 131 Å². The lowest BCUT2D eigenvalue weighted by molar-refractivity contribution is 0.408. The van der Waals surface area contributed by atoms with Gasteiger partial charge in [0.1, 0.15) is 11.6 Å². The molecule has 176 valence electrons. The van der Waals surface area contributed by atoms with Gasteiger partial charge in [-0.1, -0.05) is 97.1 Å². The van der Waals surface area contributed by atoms with E-state index in [4.69, 9.17) is 9.97 Å². The van der Waals surface area contributed by atoms with Crippen LogP contribution in [0.4, 0.5) is 0 Å². The zero-order chi connectivity index (χ0) is 24.4. The molecular formula is C33H24N4. The van der Waals surface area contributed by atoms with Crippen LogP contribution in [-0.2, 0) is 18.3 Å². The number of para-hydroxylation sites is 2. The maximum absolute atomic E-state index is 5.36. The number of nitrogens with zero attached hydrogens (tertiary/aromatic N) is 4. The minimum absolute atomic E-state index is 0.386. The summed E-state index contributed by atoms with van der Waals surface area (Å²) in [5, 5.41) is 0. The third-order valence-electron chi connectivity index (χ3n) is 7.89. The molecule has 2 aliphatic heterocycles. The van der Waals surface area contributed by atoms with Gasteiger partial charge in [-0.25, -0.2) is 9.97 Å². The fraction of sp³-hybridized carbons (Fsp3) is 0.0909. The summed E-state index contributed by atoms with van der Waals surface area (Å²) in [6, 6.07) is 38.4. The number of hydrogen-bond donors (Lipinski definition) is 0. The standard InChI is InChI=1S/C33H24N4/c1-3-11-23(12-4-1)27-21-36-29-17-9-7-15-25(29)19-33(31(36)34-27)20-26-16-8-10-18-30(26)37-22-28(35-32(33)37)24-13-5-2-6-14-24/h1-18,21-22H,19-20H2. The Morgan fingerprint density at radius 1 is 0.486 bits per heavy atom. The van der Waals surface area contributed by atoms with Gasteiger partial charge in [0, 0.05) is 23.5 Å². The van der Waals surface area contributed by atoms with Gasteiger partial charge in [0.15, 0.2) is 0 Å². The zero-order valence-electron chi connectivity index (χ0n) is 20.3. The van der Waals surface area contributed by atoms with Crippen molar-refractivity contribution in [2.24, 2.45) is 0 Å². The quantitative estimate of drug-likeness (QED) is 0.276. The summed E-state index contributed by atoms with van der Waals surface area (Å²) in [7, 11) is 0. The Morgan fingerprint density at radius 3 is 1.35 bits per heavy atom. The molecule has 37 heavy (non-hydrogen) atoms. The van der Waals surface area contributed by atoms with E-state index in [1.54, 1.807) is 0 Å². The Labute approximate surface area is 215 Å². The molecule has 4 nitrogen and oxygen atoms in total. The number of fused-ring (bicyclic) bond motifs is 8. The van der Waals surface area contributed by atoms with Crippen LogP contribution in [0.5, 0.6) is 0 Å². The van der Waals surface area contributed by atoms with E-state index >= 15 is 0 Å². The van der Waals surface area contributed by atoms with E-state index in [1.165, 1.54) is 22.5 Å². The van der Waals surface area contributed by atoms with Gasteiger partial charge in [-0.3, -0.25) is 0 Å². The van der Waals surface area contributed by atoms with Crippen molar-refractivity contribution in [1.82, 2.24) is 19.1 Å². The van der Waals surface area contributed by atoms with Crippen molar-refractivity contribution in [3.05, 3.63) is 144 Å². The molecular weight excluding hydrogens is 452 g/mol. The van der Waals surface area contributed by atoms with Crippen molar-refractivity contribution < 1.29 is 0 Å². The third kappa shape index (κ3) is 2.96. The summed E-state index contributed by atoms with van der Waals surface area (Å²) in [6.07, 6.45) is 6.12. The second-order valence-corrected chi connectivity index (χ2v) is 10.1. The second kappa shape index (κ2) is 7.65. The van der Waals surface area contributed by atoms with Gasteiger partial charge in [0.25, 0.3) is 0 Å². The zero-order valence-corrected chi connectivity index (χ0v) is 20.3. The monoisotopic (exact) mass is 476 g/mol. The highest BCUT2D eigenvalue weighted by Gasteiger charge is 2.49. The first-order valence-corrected chi connectivity index (χ1v) is 12.8. The van der Waals surface area contributed by atoms with Crippen LogP contribution in [0.3, 0.4) is 0 Å². The van der Waals surface area contributed by atoms with Crippen molar-refractivity contribution in [2.45, 2.75) is 18.3 Å². The number of aromatic nitrogens is 4. The van der Waals surface area contributed by atoms with Crippen LogP contribution < -0.4 is 0 Å². The first kappa shape index (κ1) is 20.5. The van der Waals surface area contributed by atoms with E-state index in [0.717, 1.165) is 47.0 Å². The van der Waals surface area contributed by atoms with Crippen LogP contribution >= 0.6 is 0 Å². The van der Waals surface area contributed by atoms with Crippen molar-refractivity contribution >= 4 is 0 Å². The normalized spacial score (nSPS) is 14.5. The molecule has 4 heterocycles. The molecule has 0 aliphatic carbocycles. The molecule has 0 fully saturated rings. The molecule has 0 bridgehead atoms. The van der Waals surface area contributed by atoms with E-state index in [0.29, 0.717) is 0 Å². The highest BCUT2D eigenvalue weighted by atomic mass is 15.2. The highest BCUT2D eigenvalue weighted by molar-refractivity contribution is 5.66. The SMILES string of the molecule is c1ccc(-c2cn3c(n2)C2(Cc4ccccc4-3)Cc3ccccc3-n3cc(-c4ccccc4)nc32)cc1. The predicted octanol–water partition coefficient (Wildman–Crippen LogP) is 6.79. The molecule has 0 saturated carbocycles. The highest BCUT2D eigenvalue weighted by Crippen LogP contribution is 2.48. The number of rotatable bonds is 2. The maximum Gasteiger partial charge on any atom is 0.128 e. The lowest BCUT2D eigenvalue weighted by atomic mass is 9.71. The summed E-state index contributed by atoms with van der Waals surface area (Å²) < 4.78 is 4.63. The Kier molecular flexibility index (Phi) is 4.23. The van der Waals surface area contributed by atoms with Crippen molar-refractivity contribution in [3.63, 3.8) is 0 Å². The largest absolute Gasteiger partial charge is 0.302 e. The molecule has 4 aromatic carbocycles. The van der Waals surface area contributed by atoms with E-state index in [-0.39, 0.29) is 5.41 Å². The minimum Gasteiger partial charge on any atom is -0.302 e. The third-order valence-corrected chi connectivity index (χ3v) is 7.89. The number of imidazole rings is 2. The number of hydrogen-bond acceptors (Lipinski definition) is 2. The molecule has 2 aromatic heterocycles. The van der Waals surface area contributed by atoms with Gasteiger partial charge in [-0.05, 0) is 36.1 Å². The smallest absolute Gasteiger partial charge is 0.128 e. The molecule has 0 N–H and O–H groups in total. The van der Waals surface area contributed by atoms with Crippen molar-refractivity contribution in [1.29, 1.82) is 0 Å². The van der Waals surface area contributed by atoms with Gasteiger partial charge >= 0.3 is 0 Å². The molecule has 0 saturated heterocycles.